The number of rotatable bonds is 5. The van der Waals surface area contributed by atoms with Crippen LogP contribution in [0, 0.1) is 11.3 Å². The maximum Gasteiger partial charge on any atom is 0.145 e. The van der Waals surface area contributed by atoms with Crippen molar-refractivity contribution < 1.29 is 0 Å². The average Bonchev–Trinajstić information content (AvgIpc) is 3.38. The number of anilines is 2. The lowest BCUT2D eigenvalue weighted by molar-refractivity contribution is 0.920. The topological polar surface area (TPSA) is 99.7 Å². The van der Waals surface area contributed by atoms with Crippen molar-refractivity contribution in [2.24, 2.45) is 5.84 Å². The van der Waals surface area contributed by atoms with Gasteiger partial charge in [0.05, 0.1) is 11.6 Å². The highest BCUT2D eigenvalue weighted by molar-refractivity contribution is 5.48. The van der Waals surface area contributed by atoms with Gasteiger partial charge in [-0.05, 0) is 30.5 Å². The van der Waals surface area contributed by atoms with Gasteiger partial charge in [0.2, 0.25) is 0 Å². The van der Waals surface area contributed by atoms with Crippen LogP contribution in [-0.4, -0.2) is 9.97 Å². The summed E-state index contributed by atoms with van der Waals surface area (Å²) in [5.41, 5.74) is 4.32. The second kappa shape index (κ2) is 5.77. The first-order valence-corrected chi connectivity index (χ1v) is 6.87. The predicted molar refractivity (Wildman–Crippen MR) is 80.3 cm³/mol. The lowest BCUT2D eigenvalue weighted by Gasteiger charge is -2.09. The van der Waals surface area contributed by atoms with Gasteiger partial charge in [0.1, 0.15) is 17.5 Å². The fourth-order valence-electron chi connectivity index (χ4n) is 2.04. The average molecular weight is 280 g/mol. The number of nitrogens with one attached hydrogen (secondary N) is 2. The van der Waals surface area contributed by atoms with Crippen molar-refractivity contribution in [2.45, 2.75) is 25.3 Å². The van der Waals surface area contributed by atoms with E-state index >= 15 is 0 Å². The molecule has 0 amide bonds. The Morgan fingerprint density at radius 1 is 1.19 bits per heavy atom. The molecule has 0 radical (unpaired) electrons. The molecule has 1 aromatic heterocycles. The fourth-order valence-corrected chi connectivity index (χ4v) is 2.04. The normalized spacial score (nSPS) is 13.5. The summed E-state index contributed by atoms with van der Waals surface area (Å²) in [4.78, 5) is 8.89. The molecular formula is C15H16N6. The van der Waals surface area contributed by atoms with Crippen molar-refractivity contribution in [1.82, 2.24) is 9.97 Å². The number of hydrogen-bond acceptors (Lipinski definition) is 6. The summed E-state index contributed by atoms with van der Waals surface area (Å²) in [7, 11) is 0. The largest absolute Gasteiger partial charge is 0.366 e. The van der Waals surface area contributed by atoms with E-state index < -0.39 is 0 Å². The maximum atomic E-state index is 8.78. The fraction of sp³-hybridized carbons (Fsp3) is 0.267. The number of benzene rings is 1. The van der Waals surface area contributed by atoms with Crippen LogP contribution in [-0.2, 0) is 6.54 Å². The molecule has 4 N–H and O–H groups in total. The molecule has 106 valence electrons. The molecule has 1 saturated carbocycles. The third-order valence-corrected chi connectivity index (χ3v) is 3.39. The lowest BCUT2D eigenvalue weighted by atomic mass is 10.1. The standard InChI is InChI=1S/C15H16N6/c16-8-10-1-3-11(4-2-10)9-18-13-7-14(21-17)20-15(19-13)12-5-6-12/h1-4,7,12H,5-6,9,17H2,(H2,18,19,20,21). The second-order valence-corrected chi connectivity index (χ2v) is 5.08. The third-order valence-electron chi connectivity index (χ3n) is 3.39. The minimum absolute atomic E-state index is 0.466. The van der Waals surface area contributed by atoms with E-state index in [1.165, 1.54) is 0 Å². The van der Waals surface area contributed by atoms with Gasteiger partial charge in [-0.3, -0.25) is 0 Å². The zero-order valence-electron chi connectivity index (χ0n) is 11.5. The minimum Gasteiger partial charge on any atom is -0.366 e. The van der Waals surface area contributed by atoms with E-state index in [-0.39, 0.29) is 0 Å². The summed E-state index contributed by atoms with van der Waals surface area (Å²) in [5.74, 6) is 8.13. The molecule has 1 fully saturated rings. The van der Waals surface area contributed by atoms with E-state index in [9.17, 15) is 0 Å². The second-order valence-electron chi connectivity index (χ2n) is 5.08. The summed E-state index contributed by atoms with van der Waals surface area (Å²) < 4.78 is 0. The molecule has 0 spiro atoms. The smallest absolute Gasteiger partial charge is 0.145 e. The molecule has 0 bridgehead atoms. The van der Waals surface area contributed by atoms with Gasteiger partial charge in [-0.15, -0.1) is 0 Å². The van der Waals surface area contributed by atoms with Gasteiger partial charge in [-0.25, -0.2) is 15.8 Å². The highest BCUT2D eigenvalue weighted by atomic mass is 15.3. The van der Waals surface area contributed by atoms with E-state index in [4.69, 9.17) is 11.1 Å². The van der Waals surface area contributed by atoms with Crippen molar-refractivity contribution in [3.8, 4) is 6.07 Å². The molecule has 21 heavy (non-hydrogen) atoms. The Labute approximate surface area is 123 Å². The summed E-state index contributed by atoms with van der Waals surface area (Å²) in [6.45, 7) is 0.636. The Balaban J connectivity index is 1.71. The lowest BCUT2D eigenvalue weighted by Crippen LogP contribution is -2.12. The number of hydrazine groups is 1. The zero-order chi connectivity index (χ0) is 14.7. The molecule has 0 aliphatic heterocycles. The van der Waals surface area contributed by atoms with E-state index in [1.54, 1.807) is 18.2 Å². The van der Waals surface area contributed by atoms with E-state index in [2.05, 4.69) is 26.8 Å². The minimum atomic E-state index is 0.466. The van der Waals surface area contributed by atoms with Crippen LogP contribution < -0.4 is 16.6 Å². The SMILES string of the molecule is N#Cc1ccc(CNc2cc(NN)nc(C3CC3)n2)cc1. The van der Waals surface area contributed by atoms with Crippen LogP contribution in [0.5, 0.6) is 0 Å². The van der Waals surface area contributed by atoms with Crippen molar-refractivity contribution >= 4 is 11.6 Å². The van der Waals surface area contributed by atoms with Crippen LogP contribution in [0.2, 0.25) is 0 Å². The molecule has 1 aliphatic carbocycles. The number of nitrogens with two attached hydrogens (primary N) is 1. The van der Waals surface area contributed by atoms with Crippen LogP contribution in [0.1, 0.15) is 35.7 Å². The van der Waals surface area contributed by atoms with Crippen molar-refractivity contribution in [3.05, 3.63) is 47.3 Å². The molecule has 0 unspecified atom stereocenters. The highest BCUT2D eigenvalue weighted by Gasteiger charge is 2.27. The first-order valence-electron chi connectivity index (χ1n) is 6.87. The van der Waals surface area contributed by atoms with Gasteiger partial charge < -0.3 is 10.7 Å². The van der Waals surface area contributed by atoms with Crippen LogP contribution in [0.25, 0.3) is 0 Å². The number of nitriles is 1. The first kappa shape index (κ1) is 13.3. The van der Waals surface area contributed by atoms with Gasteiger partial charge >= 0.3 is 0 Å². The third kappa shape index (κ3) is 3.27. The molecule has 2 aromatic rings. The van der Waals surface area contributed by atoms with E-state index in [0.29, 0.717) is 23.8 Å². The summed E-state index contributed by atoms with van der Waals surface area (Å²) in [5, 5.41) is 12.0. The molecule has 6 nitrogen and oxygen atoms in total. The van der Waals surface area contributed by atoms with Gasteiger partial charge in [0.25, 0.3) is 0 Å². The molecule has 1 aromatic carbocycles. The van der Waals surface area contributed by atoms with Crippen molar-refractivity contribution in [1.29, 1.82) is 5.26 Å². The molecule has 6 heteroatoms. The summed E-state index contributed by atoms with van der Waals surface area (Å²) >= 11 is 0. The molecule has 3 rings (SSSR count). The molecular weight excluding hydrogens is 264 g/mol. The van der Waals surface area contributed by atoms with E-state index in [1.807, 2.05) is 12.1 Å². The Bertz CT molecular complexity index is 670. The molecule has 0 saturated heterocycles. The highest BCUT2D eigenvalue weighted by Crippen LogP contribution is 2.38. The van der Waals surface area contributed by atoms with Gasteiger partial charge in [0, 0.05) is 18.5 Å². The molecule has 0 atom stereocenters. The van der Waals surface area contributed by atoms with Crippen LogP contribution in [0.15, 0.2) is 30.3 Å². The van der Waals surface area contributed by atoms with Crippen LogP contribution in [0.4, 0.5) is 11.6 Å². The summed E-state index contributed by atoms with van der Waals surface area (Å²) in [6, 6.07) is 11.4. The Morgan fingerprint density at radius 3 is 2.52 bits per heavy atom. The Kier molecular flexibility index (Phi) is 3.67. The maximum absolute atomic E-state index is 8.78. The Hall–Kier alpha value is -2.65. The number of hydrogen-bond donors (Lipinski definition) is 3. The zero-order valence-corrected chi connectivity index (χ0v) is 11.5. The van der Waals surface area contributed by atoms with Crippen LogP contribution in [0.3, 0.4) is 0 Å². The number of aromatic nitrogens is 2. The Morgan fingerprint density at radius 2 is 1.90 bits per heavy atom. The van der Waals surface area contributed by atoms with Crippen molar-refractivity contribution in [3.63, 3.8) is 0 Å². The number of nitrogen functional groups attached to an aromatic ring is 1. The summed E-state index contributed by atoms with van der Waals surface area (Å²) in [6.07, 6.45) is 2.28. The van der Waals surface area contributed by atoms with E-state index in [0.717, 1.165) is 30.0 Å². The monoisotopic (exact) mass is 280 g/mol. The van der Waals surface area contributed by atoms with Crippen molar-refractivity contribution in [2.75, 3.05) is 10.7 Å². The predicted octanol–water partition coefficient (Wildman–Crippen LogP) is 2.12. The van der Waals surface area contributed by atoms with Gasteiger partial charge in [-0.1, -0.05) is 12.1 Å². The molecule has 1 aliphatic rings. The number of nitrogens with zero attached hydrogens (tertiary/aromatic N) is 3. The first-order chi connectivity index (χ1) is 10.3. The quantitative estimate of drug-likeness (QED) is 0.573. The van der Waals surface area contributed by atoms with Gasteiger partial charge in [0.15, 0.2) is 0 Å². The molecule has 1 heterocycles. The van der Waals surface area contributed by atoms with Gasteiger partial charge in [-0.2, -0.15) is 5.26 Å². The van der Waals surface area contributed by atoms with Crippen LogP contribution >= 0.6 is 0 Å².